The van der Waals surface area contributed by atoms with E-state index >= 15 is 0 Å². The van der Waals surface area contributed by atoms with Crippen LogP contribution in [0.5, 0.6) is 0 Å². The molecular weight excluding hydrogens is 326 g/mol. The molecule has 0 radical (unpaired) electrons. The van der Waals surface area contributed by atoms with Crippen molar-refractivity contribution in [1.82, 2.24) is 9.97 Å². The van der Waals surface area contributed by atoms with Gasteiger partial charge in [-0.15, -0.1) is 0 Å². The summed E-state index contributed by atoms with van der Waals surface area (Å²) >= 11 is 1.25. The number of thiazole rings is 1. The van der Waals surface area contributed by atoms with Crippen LogP contribution in [-0.4, -0.2) is 14.2 Å². The molecule has 0 aliphatic heterocycles. The van der Waals surface area contributed by atoms with E-state index in [1.165, 1.54) is 17.5 Å². The van der Waals surface area contributed by atoms with E-state index in [0.717, 1.165) is 0 Å². The molecule has 0 aromatic carbocycles. The molecule has 0 bridgehead atoms. The molecule has 1 atom stereocenters. The van der Waals surface area contributed by atoms with Crippen LogP contribution in [-0.2, 0) is 17.3 Å². The van der Waals surface area contributed by atoms with Crippen LogP contribution in [0.15, 0.2) is 53.5 Å². The summed E-state index contributed by atoms with van der Waals surface area (Å²) in [7, 11) is -1.36. The summed E-state index contributed by atoms with van der Waals surface area (Å²) in [5.74, 6) is 0.101. The first kappa shape index (κ1) is 14.7. The quantitative estimate of drug-likeness (QED) is 0.762. The smallest absolute Gasteiger partial charge is 0.396 e. The molecule has 0 fully saturated rings. The molecule has 0 saturated heterocycles. The van der Waals surface area contributed by atoms with Crippen LogP contribution in [0.2, 0.25) is 0 Å². The molecular formula is C13H11N3O4S2. The zero-order valence-corrected chi connectivity index (χ0v) is 13.1. The molecule has 3 aromatic rings. The van der Waals surface area contributed by atoms with E-state index < -0.39 is 16.6 Å². The lowest BCUT2D eigenvalue weighted by molar-refractivity contribution is 0.370. The fourth-order valence-electron chi connectivity index (χ4n) is 1.68. The molecule has 1 unspecified atom stereocenters. The fourth-order valence-corrected chi connectivity index (χ4v) is 3.73. The van der Waals surface area contributed by atoms with Gasteiger partial charge in [0.25, 0.3) is 0 Å². The van der Waals surface area contributed by atoms with E-state index in [0.29, 0.717) is 25.9 Å². The highest BCUT2D eigenvalue weighted by atomic mass is 32.2. The van der Waals surface area contributed by atoms with E-state index in [9.17, 15) is 9.00 Å². The van der Waals surface area contributed by atoms with Crippen LogP contribution in [0.3, 0.4) is 0 Å². The van der Waals surface area contributed by atoms with Crippen molar-refractivity contribution >= 4 is 27.3 Å². The van der Waals surface area contributed by atoms with E-state index in [1.54, 1.807) is 31.3 Å². The van der Waals surface area contributed by atoms with Gasteiger partial charge in [0.05, 0.1) is 12.7 Å². The summed E-state index contributed by atoms with van der Waals surface area (Å²) in [6.07, 6.45) is 3.13. The number of hydrogen-bond acceptors (Lipinski definition) is 8. The lowest BCUT2D eigenvalue weighted by atomic mass is 10.4. The van der Waals surface area contributed by atoms with E-state index in [2.05, 4.69) is 15.3 Å². The lowest BCUT2D eigenvalue weighted by Gasteiger charge is -1.98. The standard InChI is InChI=1S/C13H11N3O4S2/c1-8-9(20-13(17)19-8)6-15-12-16-7-11(21-12)22(18)10-4-2-3-5-14-10/h2-5,7H,6H2,1H3,(H,15,16). The number of aryl methyl sites for hydroxylation is 1. The fraction of sp³-hybridized carbons (Fsp3) is 0.154. The topological polar surface area (TPSA) is 98.2 Å². The van der Waals surface area contributed by atoms with Crippen LogP contribution in [0.1, 0.15) is 11.5 Å². The summed E-state index contributed by atoms with van der Waals surface area (Å²) in [6.45, 7) is 1.91. The molecule has 3 heterocycles. The normalized spacial score (nSPS) is 12.2. The number of rotatable bonds is 5. The monoisotopic (exact) mass is 337 g/mol. The maximum atomic E-state index is 12.3. The summed E-state index contributed by atoms with van der Waals surface area (Å²) < 4.78 is 22.5. The van der Waals surface area contributed by atoms with Crippen molar-refractivity contribution in [3.8, 4) is 0 Å². The largest absolute Gasteiger partial charge is 0.519 e. The van der Waals surface area contributed by atoms with Gasteiger partial charge in [-0.3, -0.25) is 0 Å². The summed E-state index contributed by atoms with van der Waals surface area (Å²) in [5, 5.41) is 4.05. The Kier molecular flexibility index (Phi) is 4.16. The molecule has 0 aliphatic carbocycles. The number of anilines is 1. The third-order valence-corrected chi connectivity index (χ3v) is 5.28. The number of aromatic nitrogens is 2. The first-order chi connectivity index (χ1) is 10.6. The summed E-state index contributed by atoms with van der Waals surface area (Å²) in [4.78, 5) is 19.2. The minimum Gasteiger partial charge on any atom is -0.396 e. The minimum atomic E-state index is -1.36. The third-order valence-electron chi connectivity index (χ3n) is 2.73. The lowest BCUT2D eigenvalue weighted by Crippen LogP contribution is -1.99. The number of nitrogens with zero attached hydrogens (tertiary/aromatic N) is 2. The number of pyridine rings is 1. The number of nitrogens with one attached hydrogen (secondary N) is 1. The molecule has 3 rings (SSSR count). The molecule has 9 heteroatoms. The Bertz CT molecular complexity index is 854. The zero-order chi connectivity index (χ0) is 15.5. The predicted octanol–water partition coefficient (Wildman–Crippen LogP) is 2.17. The minimum absolute atomic E-state index is 0.265. The zero-order valence-electron chi connectivity index (χ0n) is 11.4. The Morgan fingerprint density at radius 1 is 1.32 bits per heavy atom. The Morgan fingerprint density at radius 2 is 2.18 bits per heavy atom. The van der Waals surface area contributed by atoms with E-state index in [1.807, 2.05) is 0 Å². The maximum absolute atomic E-state index is 12.3. The van der Waals surface area contributed by atoms with Gasteiger partial charge < -0.3 is 14.2 Å². The van der Waals surface area contributed by atoms with Crippen molar-refractivity contribution in [1.29, 1.82) is 0 Å². The second-order valence-electron chi connectivity index (χ2n) is 4.21. The van der Waals surface area contributed by atoms with Gasteiger partial charge in [-0.2, -0.15) is 0 Å². The highest BCUT2D eigenvalue weighted by Crippen LogP contribution is 2.25. The van der Waals surface area contributed by atoms with Crippen molar-refractivity contribution in [2.24, 2.45) is 0 Å². The van der Waals surface area contributed by atoms with Gasteiger partial charge in [0.1, 0.15) is 25.8 Å². The van der Waals surface area contributed by atoms with E-state index in [-0.39, 0.29) is 6.54 Å². The van der Waals surface area contributed by atoms with Crippen molar-refractivity contribution in [2.75, 3.05) is 5.32 Å². The SMILES string of the molecule is Cc1oc(=O)oc1CNc1ncc(S(=O)c2ccccn2)s1. The van der Waals surface area contributed by atoms with E-state index in [4.69, 9.17) is 8.83 Å². The molecule has 0 spiro atoms. The highest BCUT2D eigenvalue weighted by Gasteiger charge is 2.13. The maximum Gasteiger partial charge on any atom is 0.519 e. The second kappa shape index (κ2) is 6.24. The molecule has 114 valence electrons. The Hall–Kier alpha value is -2.26. The van der Waals surface area contributed by atoms with Gasteiger partial charge in [-0.1, -0.05) is 17.4 Å². The van der Waals surface area contributed by atoms with Crippen LogP contribution < -0.4 is 11.1 Å². The number of hydrogen-bond donors (Lipinski definition) is 1. The van der Waals surface area contributed by atoms with Crippen LogP contribution in [0.25, 0.3) is 0 Å². The molecule has 3 aromatic heterocycles. The van der Waals surface area contributed by atoms with Gasteiger partial charge in [0.2, 0.25) is 0 Å². The average molecular weight is 337 g/mol. The first-order valence-electron chi connectivity index (χ1n) is 6.25. The summed E-state index contributed by atoms with van der Waals surface area (Å²) in [5.41, 5.74) is 0. The molecule has 7 nitrogen and oxygen atoms in total. The van der Waals surface area contributed by atoms with Gasteiger partial charge in [-0.25, -0.2) is 19.0 Å². The van der Waals surface area contributed by atoms with Crippen molar-refractivity contribution < 1.29 is 13.0 Å². The molecule has 0 aliphatic rings. The van der Waals surface area contributed by atoms with Gasteiger partial charge in [0.15, 0.2) is 10.9 Å². The molecule has 22 heavy (non-hydrogen) atoms. The van der Waals surface area contributed by atoms with Crippen molar-refractivity contribution in [3.63, 3.8) is 0 Å². The van der Waals surface area contributed by atoms with Gasteiger partial charge in [0, 0.05) is 6.20 Å². The Labute approximate surface area is 131 Å². The van der Waals surface area contributed by atoms with Crippen LogP contribution in [0.4, 0.5) is 5.13 Å². The van der Waals surface area contributed by atoms with Gasteiger partial charge in [-0.05, 0) is 19.1 Å². The predicted molar refractivity (Wildman–Crippen MR) is 80.3 cm³/mol. The van der Waals surface area contributed by atoms with Crippen molar-refractivity contribution in [3.05, 3.63) is 52.7 Å². The first-order valence-corrected chi connectivity index (χ1v) is 8.22. The molecule has 0 amide bonds. The Morgan fingerprint density at radius 3 is 2.86 bits per heavy atom. The third kappa shape index (κ3) is 3.15. The van der Waals surface area contributed by atoms with Crippen LogP contribution >= 0.6 is 11.3 Å². The Balaban J connectivity index is 1.70. The summed E-state index contributed by atoms with van der Waals surface area (Å²) in [6, 6.07) is 5.25. The molecule has 0 saturated carbocycles. The highest BCUT2D eigenvalue weighted by molar-refractivity contribution is 7.87. The van der Waals surface area contributed by atoms with Crippen LogP contribution in [0, 0.1) is 6.92 Å². The second-order valence-corrected chi connectivity index (χ2v) is 6.89. The van der Waals surface area contributed by atoms with Gasteiger partial charge >= 0.3 is 5.82 Å². The van der Waals surface area contributed by atoms with Crippen molar-refractivity contribution in [2.45, 2.75) is 22.7 Å². The average Bonchev–Trinajstić information content (AvgIpc) is 3.12. The molecule has 1 N–H and O–H groups in total.